The Balaban J connectivity index is 1.29. The summed E-state index contributed by atoms with van der Waals surface area (Å²) in [4.78, 5) is 2.49. The van der Waals surface area contributed by atoms with Crippen LogP contribution >= 0.6 is 23.2 Å². The first-order chi connectivity index (χ1) is 13.1. The number of piperidine rings is 1. The molecule has 0 spiro atoms. The number of aryl methyl sites for hydroxylation is 1. The SMILES string of the molecule is Cn1c(CNC2CCN(Cc3ccc(Cl)c(Cl)c3)CC2)cc2ccccc21. The van der Waals surface area contributed by atoms with E-state index in [1.807, 2.05) is 12.1 Å². The average molecular weight is 402 g/mol. The van der Waals surface area contributed by atoms with Crippen molar-refractivity contribution in [3.63, 3.8) is 0 Å². The molecule has 1 aromatic heterocycles. The molecular formula is C22H25Cl2N3. The summed E-state index contributed by atoms with van der Waals surface area (Å²) in [6.07, 6.45) is 2.34. The monoisotopic (exact) mass is 401 g/mol. The molecule has 27 heavy (non-hydrogen) atoms. The molecule has 1 saturated heterocycles. The van der Waals surface area contributed by atoms with Crippen molar-refractivity contribution in [1.82, 2.24) is 14.8 Å². The molecule has 2 aromatic carbocycles. The summed E-state index contributed by atoms with van der Waals surface area (Å²) in [6.45, 7) is 4.06. The molecular weight excluding hydrogens is 377 g/mol. The van der Waals surface area contributed by atoms with Crippen LogP contribution in [0.2, 0.25) is 10.0 Å². The van der Waals surface area contributed by atoms with Crippen LogP contribution in [0.4, 0.5) is 0 Å². The first kappa shape index (κ1) is 18.8. The number of hydrogen-bond donors (Lipinski definition) is 1. The van der Waals surface area contributed by atoms with E-state index in [1.54, 1.807) is 0 Å². The smallest absolute Gasteiger partial charge is 0.0595 e. The number of rotatable bonds is 5. The zero-order valence-electron chi connectivity index (χ0n) is 15.6. The number of nitrogens with zero attached hydrogens (tertiary/aromatic N) is 2. The second-order valence-corrected chi connectivity index (χ2v) is 8.25. The molecule has 0 radical (unpaired) electrons. The fourth-order valence-corrected chi connectivity index (χ4v) is 4.28. The van der Waals surface area contributed by atoms with Crippen LogP contribution in [0.25, 0.3) is 10.9 Å². The van der Waals surface area contributed by atoms with Gasteiger partial charge in [-0.05, 0) is 61.1 Å². The fourth-order valence-electron chi connectivity index (χ4n) is 3.96. The largest absolute Gasteiger partial charge is 0.346 e. The molecule has 1 fully saturated rings. The Morgan fingerprint density at radius 3 is 2.52 bits per heavy atom. The molecule has 0 bridgehead atoms. The molecule has 1 aliphatic heterocycles. The van der Waals surface area contributed by atoms with Crippen molar-refractivity contribution in [2.75, 3.05) is 13.1 Å². The number of benzene rings is 2. The Morgan fingerprint density at radius 1 is 1.00 bits per heavy atom. The van der Waals surface area contributed by atoms with Crippen LogP contribution in [0.5, 0.6) is 0 Å². The van der Waals surface area contributed by atoms with Crippen molar-refractivity contribution < 1.29 is 0 Å². The molecule has 0 amide bonds. The number of halogens is 2. The van der Waals surface area contributed by atoms with E-state index >= 15 is 0 Å². The molecule has 1 aliphatic rings. The van der Waals surface area contributed by atoms with E-state index in [-0.39, 0.29) is 0 Å². The minimum absolute atomic E-state index is 0.577. The second-order valence-electron chi connectivity index (χ2n) is 7.43. The van der Waals surface area contributed by atoms with E-state index in [9.17, 15) is 0 Å². The van der Waals surface area contributed by atoms with Crippen molar-refractivity contribution in [3.8, 4) is 0 Å². The van der Waals surface area contributed by atoms with Crippen LogP contribution in [0.3, 0.4) is 0 Å². The maximum Gasteiger partial charge on any atom is 0.0595 e. The van der Waals surface area contributed by atoms with Gasteiger partial charge in [-0.2, -0.15) is 0 Å². The van der Waals surface area contributed by atoms with Crippen molar-refractivity contribution >= 4 is 34.1 Å². The summed E-state index contributed by atoms with van der Waals surface area (Å²) in [5.41, 5.74) is 3.87. The molecule has 1 N–H and O–H groups in total. The highest BCUT2D eigenvalue weighted by molar-refractivity contribution is 6.42. The highest BCUT2D eigenvalue weighted by Crippen LogP contribution is 2.24. The van der Waals surface area contributed by atoms with Crippen molar-refractivity contribution in [2.45, 2.75) is 32.0 Å². The van der Waals surface area contributed by atoms with Gasteiger partial charge in [-0.1, -0.05) is 47.5 Å². The predicted octanol–water partition coefficient (Wildman–Crippen LogP) is 5.24. The normalized spacial score (nSPS) is 16.3. The number of nitrogens with one attached hydrogen (secondary N) is 1. The molecule has 0 unspecified atom stereocenters. The van der Waals surface area contributed by atoms with Gasteiger partial charge in [0.15, 0.2) is 0 Å². The quantitative estimate of drug-likeness (QED) is 0.630. The Hall–Kier alpha value is -1.52. The van der Waals surface area contributed by atoms with Gasteiger partial charge in [-0.15, -0.1) is 0 Å². The van der Waals surface area contributed by atoms with E-state index in [4.69, 9.17) is 23.2 Å². The van der Waals surface area contributed by atoms with Crippen LogP contribution in [0.15, 0.2) is 48.5 Å². The van der Waals surface area contributed by atoms with Crippen LogP contribution in [0, 0.1) is 0 Å². The first-order valence-electron chi connectivity index (χ1n) is 9.53. The third kappa shape index (κ3) is 4.33. The first-order valence-corrected chi connectivity index (χ1v) is 10.3. The summed E-state index contributed by atoms with van der Waals surface area (Å²) in [5, 5.41) is 6.33. The molecule has 0 atom stereocenters. The van der Waals surface area contributed by atoms with Crippen LogP contribution in [0.1, 0.15) is 24.1 Å². The summed E-state index contributed by atoms with van der Waals surface area (Å²) in [7, 11) is 2.15. The molecule has 142 valence electrons. The summed E-state index contributed by atoms with van der Waals surface area (Å²) in [6, 6.07) is 17.4. The minimum Gasteiger partial charge on any atom is -0.346 e. The Bertz CT molecular complexity index is 926. The fraction of sp³-hybridized carbons (Fsp3) is 0.364. The molecule has 3 aromatic rings. The Morgan fingerprint density at radius 2 is 1.78 bits per heavy atom. The number of para-hydroxylation sites is 1. The predicted molar refractivity (Wildman–Crippen MR) is 115 cm³/mol. The standard InChI is InChI=1S/C22H25Cl2N3/c1-26-19(13-17-4-2-3-5-22(17)26)14-25-18-8-10-27(11-9-18)15-16-6-7-20(23)21(24)12-16/h2-7,12-13,18,25H,8-11,14-15H2,1H3. The third-order valence-corrected chi connectivity index (χ3v) is 6.34. The molecule has 0 aliphatic carbocycles. The van der Waals surface area contributed by atoms with Gasteiger partial charge in [0, 0.05) is 37.4 Å². The van der Waals surface area contributed by atoms with Crippen LogP contribution in [-0.4, -0.2) is 28.6 Å². The molecule has 0 saturated carbocycles. The molecule has 2 heterocycles. The summed E-state index contributed by atoms with van der Waals surface area (Å²) >= 11 is 12.1. The van der Waals surface area contributed by atoms with Gasteiger partial charge in [0.05, 0.1) is 10.0 Å². The van der Waals surface area contributed by atoms with Gasteiger partial charge < -0.3 is 9.88 Å². The number of hydrogen-bond acceptors (Lipinski definition) is 2. The second kappa shape index (κ2) is 8.24. The maximum absolute atomic E-state index is 6.13. The Kier molecular flexibility index (Phi) is 5.74. The summed E-state index contributed by atoms with van der Waals surface area (Å²) in [5.74, 6) is 0. The van der Waals surface area contributed by atoms with Gasteiger partial charge >= 0.3 is 0 Å². The minimum atomic E-state index is 0.577. The van der Waals surface area contributed by atoms with Gasteiger partial charge in [-0.3, -0.25) is 4.90 Å². The average Bonchev–Trinajstić information content (AvgIpc) is 3.00. The molecule has 5 heteroatoms. The molecule has 4 rings (SSSR count). The number of fused-ring (bicyclic) bond motifs is 1. The van der Waals surface area contributed by atoms with E-state index in [2.05, 4.69) is 58.2 Å². The van der Waals surface area contributed by atoms with Gasteiger partial charge in [0.25, 0.3) is 0 Å². The number of aromatic nitrogens is 1. The highest BCUT2D eigenvalue weighted by Gasteiger charge is 2.19. The van der Waals surface area contributed by atoms with E-state index < -0.39 is 0 Å². The maximum atomic E-state index is 6.13. The number of likely N-dealkylation sites (tertiary alicyclic amines) is 1. The van der Waals surface area contributed by atoms with Gasteiger partial charge in [0.1, 0.15) is 0 Å². The van der Waals surface area contributed by atoms with Crippen LogP contribution < -0.4 is 5.32 Å². The summed E-state index contributed by atoms with van der Waals surface area (Å²) < 4.78 is 2.29. The van der Waals surface area contributed by atoms with Gasteiger partial charge in [-0.25, -0.2) is 0 Å². The lowest BCUT2D eigenvalue weighted by Crippen LogP contribution is -2.42. The zero-order valence-corrected chi connectivity index (χ0v) is 17.1. The van der Waals surface area contributed by atoms with Crippen molar-refractivity contribution in [1.29, 1.82) is 0 Å². The lowest BCUT2D eigenvalue weighted by atomic mass is 10.0. The topological polar surface area (TPSA) is 20.2 Å². The lowest BCUT2D eigenvalue weighted by Gasteiger charge is -2.32. The van der Waals surface area contributed by atoms with E-state index in [0.717, 1.165) is 26.2 Å². The molecule has 3 nitrogen and oxygen atoms in total. The van der Waals surface area contributed by atoms with E-state index in [1.165, 1.54) is 35.0 Å². The van der Waals surface area contributed by atoms with E-state index in [0.29, 0.717) is 16.1 Å². The van der Waals surface area contributed by atoms with Crippen LogP contribution in [-0.2, 0) is 20.1 Å². The van der Waals surface area contributed by atoms with Gasteiger partial charge in [0.2, 0.25) is 0 Å². The highest BCUT2D eigenvalue weighted by atomic mass is 35.5. The van der Waals surface area contributed by atoms with Crippen molar-refractivity contribution in [2.24, 2.45) is 7.05 Å². The zero-order chi connectivity index (χ0) is 18.8. The lowest BCUT2D eigenvalue weighted by molar-refractivity contribution is 0.190. The van der Waals surface area contributed by atoms with Crippen molar-refractivity contribution in [3.05, 3.63) is 69.8 Å². The Labute approximate surface area is 170 Å². The third-order valence-electron chi connectivity index (χ3n) is 5.60.